The number of aromatic nitrogens is 2. The molecule has 7 nitrogen and oxygen atoms in total. The molecule has 0 bridgehead atoms. The minimum Gasteiger partial charge on any atom is -0.497 e. The lowest BCUT2D eigenvalue weighted by Gasteiger charge is -2.12. The largest absolute Gasteiger partial charge is 0.497 e. The second-order valence-electron chi connectivity index (χ2n) is 5.90. The number of carbonyl (C=O) groups is 1. The van der Waals surface area contributed by atoms with Crippen LogP contribution in [0.25, 0.3) is 0 Å². The van der Waals surface area contributed by atoms with Crippen molar-refractivity contribution < 1.29 is 14.3 Å². The van der Waals surface area contributed by atoms with E-state index in [1.54, 1.807) is 25.3 Å². The molecule has 0 radical (unpaired) electrons. The molecule has 2 aromatic carbocycles. The summed E-state index contributed by atoms with van der Waals surface area (Å²) in [5.74, 6) is 1.26. The number of amides is 1. The summed E-state index contributed by atoms with van der Waals surface area (Å²) in [5, 5.41) is 6.48. The van der Waals surface area contributed by atoms with E-state index in [1.807, 2.05) is 31.2 Å². The summed E-state index contributed by atoms with van der Waals surface area (Å²) in [6, 6.07) is 12.3. The van der Waals surface area contributed by atoms with Crippen LogP contribution in [0.3, 0.4) is 0 Å². The van der Waals surface area contributed by atoms with Crippen molar-refractivity contribution in [2.45, 2.75) is 6.92 Å². The Morgan fingerprint density at radius 1 is 1.07 bits per heavy atom. The van der Waals surface area contributed by atoms with Gasteiger partial charge >= 0.3 is 0 Å². The van der Waals surface area contributed by atoms with E-state index < -0.39 is 5.91 Å². The van der Waals surface area contributed by atoms with E-state index in [0.29, 0.717) is 28.0 Å². The number of methoxy groups -OCH3 is 2. The Morgan fingerprint density at radius 2 is 1.89 bits per heavy atom. The number of carbonyl (C=O) groups excluding carboxylic acids is 1. The fourth-order valence-corrected chi connectivity index (χ4v) is 2.67. The first-order valence-corrected chi connectivity index (χ1v) is 8.76. The number of ether oxygens (including phenoxy) is 2. The van der Waals surface area contributed by atoms with Gasteiger partial charge in [0.05, 0.1) is 19.9 Å². The predicted molar refractivity (Wildman–Crippen MR) is 109 cm³/mol. The van der Waals surface area contributed by atoms with Crippen LogP contribution in [0.1, 0.15) is 16.1 Å². The van der Waals surface area contributed by atoms with Gasteiger partial charge in [-0.2, -0.15) is 0 Å². The Balaban J connectivity index is 1.80. The van der Waals surface area contributed by atoms with E-state index >= 15 is 0 Å². The van der Waals surface area contributed by atoms with Crippen molar-refractivity contribution in [3.63, 3.8) is 0 Å². The number of nitrogens with one attached hydrogen (secondary N) is 2. The highest BCUT2D eigenvalue weighted by Gasteiger charge is 2.14. The van der Waals surface area contributed by atoms with Crippen LogP contribution >= 0.6 is 11.6 Å². The number of hydrogen-bond acceptors (Lipinski definition) is 6. The number of benzene rings is 2. The van der Waals surface area contributed by atoms with E-state index in [2.05, 4.69) is 20.6 Å². The topological polar surface area (TPSA) is 85.4 Å². The SMILES string of the molecule is COc1cccc(Nc2cc(C(=O)Nc3cc(C)c(Cl)cc3OC)ncn2)c1. The Morgan fingerprint density at radius 3 is 2.64 bits per heavy atom. The van der Waals surface area contributed by atoms with Crippen LogP contribution in [-0.2, 0) is 0 Å². The highest BCUT2D eigenvalue weighted by atomic mass is 35.5. The highest BCUT2D eigenvalue weighted by Crippen LogP contribution is 2.31. The van der Waals surface area contributed by atoms with Crippen molar-refractivity contribution in [2.75, 3.05) is 24.9 Å². The third kappa shape index (κ3) is 4.50. The van der Waals surface area contributed by atoms with E-state index in [9.17, 15) is 4.79 Å². The Hall–Kier alpha value is -3.32. The van der Waals surface area contributed by atoms with Gasteiger partial charge in [0.25, 0.3) is 5.91 Å². The van der Waals surface area contributed by atoms with Crippen LogP contribution in [0.15, 0.2) is 48.8 Å². The maximum Gasteiger partial charge on any atom is 0.274 e. The average Bonchev–Trinajstić information content (AvgIpc) is 2.70. The molecule has 3 rings (SSSR count). The molecule has 1 heterocycles. The first kappa shape index (κ1) is 19.4. The summed E-state index contributed by atoms with van der Waals surface area (Å²) in [6.45, 7) is 1.85. The van der Waals surface area contributed by atoms with Crippen molar-refractivity contribution >= 4 is 34.7 Å². The first-order chi connectivity index (χ1) is 13.5. The zero-order valence-electron chi connectivity index (χ0n) is 15.6. The molecular formula is C20H19ClN4O3. The Bertz CT molecular complexity index is 1010. The first-order valence-electron chi connectivity index (χ1n) is 8.38. The van der Waals surface area contributed by atoms with Gasteiger partial charge in [-0.25, -0.2) is 9.97 Å². The second kappa shape index (κ2) is 8.58. The summed E-state index contributed by atoms with van der Waals surface area (Å²) in [4.78, 5) is 20.9. The molecule has 0 saturated carbocycles. The number of nitrogens with zero attached hydrogens (tertiary/aromatic N) is 2. The van der Waals surface area contributed by atoms with Gasteiger partial charge in [-0.3, -0.25) is 4.79 Å². The monoisotopic (exact) mass is 398 g/mol. The zero-order valence-corrected chi connectivity index (χ0v) is 16.4. The minimum atomic E-state index is -0.392. The molecule has 0 aliphatic heterocycles. The molecular weight excluding hydrogens is 380 g/mol. The maximum atomic E-state index is 12.6. The molecule has 0 fully saturated rings. The van der Waals surface area contributed by atoms with E-state index in [4.69, 9.17) is 21.1 Å². The van der Waals surface area contributed by atoms with Crippen LogP contribution in [0.2, 0.25) is 5.02 Å². The molecule has 0 spiro atoms. The molecule has 1 amide bonds. The molecule has 144 valence electrons. The lowest BCUT2D eigenvalue weighted by molar-refractivity contribution is 0.102. The van der Waals surface area contributed by atoms with E-state index in [1.165, 1.54) is 13.4 Å². The Labute approximate surface area is 167 Å². The quantitative estimate of drug-likeness (QED) is 0.638. The number of halogens is 1. The fourth-order valence-electron chi connectivity index (χ4n) is 2.51. The molecule has 0 aliphatic rings. The molecule has 28 heavy (non-hydrogen) atoms. The number of hydrogen-bond donors (Lipinski definition) is 2. The van der Waals surface area contributed by atoms with Crippen molar-refractivity contribution in [3.05, 3.63) is 65.1 Å². The summed E-state index contributed by atoms with van der Waals surface area (Å²) in [7, 11) is 3.11. The van der Waals surface area contributed by atoms with Gasteiger partial charge in [-0.1, -0.05) is 17.7 Å². The molecule has 3 aromatic rings. The molecule has 0 unspecified atom stereocenters. The third-order valence-electron chi connectivity index (χ3n) is 3.97. The van der Waals surface area contributed by atoms with Crippen LogP contribution in [0.5, 0.6) is 11.5 Å². The summed E-state index contributed by atoms with van der Waals surface area (Å²) >= 11 is 6.11. The summed E-state index contributed by atoms with van der Waals surface area (Å²) < 4.78 is 10.5. The number of anilines is 3. The molecule has 0 atom stereocenters. The van der Waals surface area contributed by atoms with Gasteiger partial charge in [0.1, 0.15) is 29.3 Å². The van der Waals surface area contributed by atoms with Crippen molar-refractivity contribution in [1.29, 1.82) is 0 Å². The number of aryl methyl sites for hydroxylation is 1. The average molecular weight is 399 g/mol. The lowest BCUT2D eigenvalue weighted by atomic mass is 10.2. The molecule has 2 N–H and O–H groups in total. The molecule has 1 aromatic heterocycles. The van der Waals surface area contributed by atoms with Gasteiger partial charge in [0.2, 0.25) is 0 Å². The van der Waals surface area contributed by atoms with Gasteiger partial charge in [0.15, 0.2) is 0 Å². The summed E-state index contributed by atoms with van der Waals surface area (Å²) in [5.41, 5.74) is 2.31. The normalized spacial score (nSPS) is 10.3. The van der Waals surface area contributed by atoms with E-state index in [-0.39, 0.29) is 5.69 Å². The summed E-state index contributed by atoms with van der Waals surface area (Å²) in [6.07, 6.45) is 1.32. The number of rotatable bonds is 6. The van der Waals surface area contributed by atoms with Crippen LogP contribution in [-0.4, -0.2) is 30.1 Å². The van der Waals surface area contributed by atoms with Gasteiger partial charge in [-0.15, -0.1) is 0 Å². The minimum absolute atomic E-state index is 0.204. The predicted octanol–water partition coefficient (Wildman–Crippen LogP) is 4.45. The van der Waals surface area contributed by atoms with Crippen molar-refractivity contribution in [2.24, 2.45) is 0 Å². The maximum absolute atomic E-state index is 12.6. The van der Waals surface area contributed by atoms with E-state index in [0.717, 1.165) is 11.3 Å². The smallest absolute Gasteiger partial charge is 0.274 e. The lowest BCUT2D eigenvalue weighted by Crippen LogP contribution is -2.15. The van der Waals surface area contributed by atoms with Crippen molar-refractivity contribution in [3.8, 4) is 11.5 Å². The molecule has 0 saturated heterocycles. The zero-order chi connectivity index (χ0) is 20.1. The second-order valence-corrected chi connectivity index (χ2v) is 6.31. The Kier molecular flexibility index (Phi) is 5.96. The third-order valence-corrected chi connectivity index (χ3v) is 4.38. The van der Waals surface area contributed by atoms with Crippen molar-refractivity contribution in [1.82, 2.24) is 9.97 Å². The standard InChI is InChI=1S/C20H19ClN4O3/c1-12-7-16(18(28-3)9-15(12)21)25-20(26)17-10-19(23-11-22-17)24-13-5-4-6-14(8-13)27-2/h4-11H,1-3H3,(H,25,26)(H,22,23,24). The van der Waals surface area contributed by atoms with Gasteiger partial charge < -0.3 is 20.1 Å². The fraction of sp³-hybridized carbons (Fsp3) is 0.150. The molecule has 8 heteroatoms. The van der Waals surface area contributed by atoms with Gasteiger partial charge in [-0.05, 0) is 30.7 Å². The van der Waals surface area contributed by atoms with Crippen LogP contribution in [0.4, 0.5) is 17.2 Å². The van der Waals surface area contributed by atoms with Crippen LogP contribution in [0, 0.1) is 6.92 Å². The van der Waals surface area contributed by atoms with Crippen LogP contribution < -0.4 is 20.1 Å². The van der Waals surface area contributed by atoms with Gasteiger partial charge in [0, 0.05) is 28.9 Å². The molecule has 0 aliphatic carbocycles. The highest BCUT2D eigenvalue weighted by molar-refractivity contribution is 6.31.